The van der Waals surface area contributed by atoms with E-state index in [0.717, 1.165) is 133 Å². The van der Waals surface area contributed by atoms with Crippen molar-refractivity contribution in [2.75, 3.05) is 54.7 Å². The maximum atomic E-state index is 13.2. The first-order chi connectivity index (χ1) is 64.7. The van der Waals surface area contributed by atoms with Crippen LogP contribution in [0.15, 0.2) is 301 Å². The molecule has 3 amide bonds. The Morgan fingerprint density at radius 2 is 1.38 bits per heavy atom. The molecule has 0 aliphatic carbocycles. The molecule has 20 rings (SSSR count). The number of oxazole rings is 1. The predicted octanol–water partition coefficient (Wildman–Crippen LogP) is 23.4. The molecule has 9 heterocycles. The lowest BCUT2D eigenvalue weighted by Gasteiger charge is -2.39. The van der Waals surface area contributed by atoms with Gasteiger partial charge in [-0.25, -0.2) is 14.6 Å². The van der Waals surface area contributed by atoms with Crippen molar-refractivity contribution in [3.05, 3.63) is 350 Å². The summed E-state index contributed by atoms with van der Waals surface area (Å²) in [5, 5.41) is 34.7. The second kappa shape index (κ2) is 41.9. The standard InChI is InChI=1S/C28H21N3O3.C22H21NO4.C22H19NO3.C19H14BrNO3S.C16H17N3O2/c1-18(27(32)30-22-13-12-19-7-2-3-8-20(19)15-22)34-28(33)24-16-26(21-9-6-14-29-17-21)31-25-11-5-4-10-23(24)25;1-25-18-7-3-2-6-14(18)17-13-26-22-15(21(17)24)9-10-19-16(22)12-23-11-5-4-8-20(23)27-19;1-14-7-9-15(10-8-14)11-22(24)23-18-13-20-17(12-21(18)25-2)16-5-3-4-6-19(16)26-20;1-11-4-2-3-5-14(11)17(22)21-18-16(19(23)24)15(10-25-18)12-6-8-13(20)9-7-12;1-12-5-4-6-13(9-12)20-11-15-18-14(10-17)16(21-15)19-7-2-3-8-19/h2-18H,1H3,(H,30,32);2-3,6-7,9-10,13,20H,4-5,8,11-12H2,1H3;3-10,12-13H,11H2,1-2H3,(H,23,24);2-10H,1H3,(H,21,22)(H,23,24);4-6,9H,2-3,7-8,11H2,1H3. The Balaban J connectivity index is 0.000000122. The molecule has 0 spiro atoms. The first-order valence-corrected chi connectivity index (χ1v) is 45.0. The zero-order chi connectivity index (χ0) is 92.6. The fourth-order valence-corrected chi connectivity index (χ4v) is 17.3. The largest absolute Gasteiger partial charge is 0.496 e. The van der Waals surface area contributed by atoms with E-state index in [1.54, 1.807) is 63.4 Å². The van der Waals surface area contributed by atoms with Gasteiger partial charge in [0.05, 0.1) is 59.6 Å². The summed E-state index contributed by atoms with van der Waals surface area (Å²) in [6, 6.07) is 81.4. The average molecular weight is 1860 g/mol. The molecular formula is C107H92BrN9O15S. The molecular weight excluding hydrogens is 1760 g/mol. The molecule has 24 nitrogen and oxygen atoms in total. The summed E-state index contributed by atoms with van der Waals surface area (Å²) in [5.41, 5.74) is 14.4. The number of halogens is 1. The number of carboxylic acids is 1. The van der Waals surface area contributed by atoms with E-state index in [1.807, 2.05) is 257 Å². The lowest BCUT2D eigenvalue weighted by atomic mass is 10.0. The average Bonchev–Trinajstić information content (AvgIpc) is 1.69. The van der Waals surface area contributed by atoms with Crippen molar-refractivity contribution in [3.8, 4) is 62.6 Å². The van der Waals surface area contributed by atoms with Gasteiger partial charge in [0.15, 0.2) is 18.9 Å². The number of thiophene rings is 1. The summed E-state index contributed by atoms with van der Waals surface area (Å²) in [5.74, 6) is 1.41. The summed E-state index contributed by atoms with van der Waals surface area (Å²) in [6.07, 6.45) is 10.0. The van der Waals surface area contributed by atoms with Crippen molar-refractivity contribution in [2.24, 2.45) is 0 Å². The minimum Gasteiger partial charge on any atom is -0.496 e. The molecule has 4 N–H and O–H groups in total. The molecule has 133 heavy (non-hydrogen) atoms. The van der Waals surface area contributed by atoms with Crippen LogP contribution in [0.2, 0.25) is 0 Å². The third-order valence-corrected chi connectivity index (χ3v) is 24.3. The summed E-state index contributed by atoms with van der Waals surface area (Å²) < 4.78 is 46.8. The molecule has 0 saturated carbocycles. The number of pyridine rings is 2. The van der Waals surface area contributed by atoms with Gasteiger partial charge >= 0.3 is 11.9 Å². The molecule has 26 heteroatoms. The number of esters is 1. The molecule has 2 unspecified atom stereocenters. The smallest absolute Gasteiger partial charge is 0.339 e. The molecule has 6 aromatic heterocycles. The van der Waals surface area contributed by atoms with Crippen LogP contribution in [-0.4, -0.2) is 101 Å². The highest BCUT2D eigenvalue weighted by molar-refractivity contribution is 9.10. The number of benzene rings is 11. The molecule has 2 fully saturated rings. The minimum atomic E-state index is -1.07. The van der Waals surface area contributed by atoms with E-state index < -0.39 is 23.9 Å². The lowest BCUT2D eigenvalue weighted by Crippen LogP contribution is -2.45. The third kappa shape index (κ3) is 21.5. The van der Waals surface area contributed by atoms with Crippen molar-refractivity contribution in [1.82, 2.24) is 19.9 Å². The molecule has 3 aliphatic rings. The van der Waals surface area contributed by atoms with Gasteiger partial charge < -0.3 is 62.9 Å². The quantitative estimate of drug-likeness (QED) is 0.0547. The molecule has 11 aromatic carbocycles. The molecule has 0 radical (unpaired) electrons. The number of piperidine rings is 1. The second-order valence-electron chi connectivity index (χ2n) is 32.0. The first-order valence-electron chi connectivity index (χ1n) is 43.3. The van der Waals surface area contributed by atoms with Crippen LogP contribution in [0.3, 0.4) is 0 Å². The van der Waals surface area contributed by atoms with Crippen molar-refractivity contribution in [1.29, 1.82) is 5.26 Å². The van der Waals surface area contributed by atoms with Gasteiger partial charge in [-0.3, -0.25) is 29.1 Å². The highest BCUT2D eigenvalue weighted by atomic mass is 79.9. The number of aromatic nitrogens is 3. The van der Waals surface area contributed by atoms with Crippen LogP contribution in [0.4, 0.5) is 22.3 Å². The topological polar surface area (TPSA) is 313 Å². The molecule has 17 aromatic rings. The van der Waals surface area contributed by atoms with E-state index in [1.165, 1.54) is 29.7 Å². The first kappa shape index (κ1) is 90.8. The van der Waals surface area contributed by atoms with Gasteiger partial charge in [0.25, 0.3) is 11.8 Å². The molecule has 0 bridgehead atoms. The monoisotopic (exact) mass is 1850 g/mol. The van der Waals surface area contributed by atoms with E-state index in [9.17, 15) is 39.1 Å². The fourth-order valence-electron chi connectivity index (χ4n) is 16.1. The van der Waals surface area contributed by atoms with Crippen LogP contribution in [-0.2, 0) is 33.9 Å². The summed E-state index contributed by atoms with van der Waals surface area (Å²) in [7, 11) is 3.20. The highest BCUT2D eigenvalue weighted by Crippen LogP contribution is 2.42. The Morgan fingerprint density at radius 3 is 2.15 bits per heavy atom. The van der Waals surface area contributed by atoms with E-state index in [2.05, 4.69) is 62.7 Å². The number of carboxylic acid groups (broad SMARTS) is 1. The molecule has 2 saturated heterocycles. The van der Waals surface area contributed by atoms with Gasteiger partial charge in [-0.2, -0.15) is 10.2 Å². The Bertz CT molecular complexity index is 7270. The van der Waals surface area contributed by atoms with Crippen LogP contribution in [0.5, 0.6) is 23.0 Å². The maximum absolute atomic E-state index is 13.2. The Labute approximate surface area is 778 Å². The number of nitriles is 1. The second-order valence-corrected chi connectivity index (χ2v) is 33.8. The molecule has 3 aliphatic heterocycles. The number of carbonyl (C=O) groups is 5. The van der Waals surface area contributed by atoms with Gasteiger partial charge in [-0.15, -0.1) is 11.3 Å². The van der Waals surface area contributed by atoms with Gasteiger partial charge in [0.2, 0.25) is 28.8 Å². The number of hydrogen-bond donors (Lipinski definition) is 4. The van der Waals surface area contributed by atoms with E-state index in [-0.39, 0.29) is 35.6 Å². The number of nitrogens with one attached hydrogen (secondary N) is 3. The number of anilines is 4. The van der Waals surface area contributed by atoms with Gasteiger partial charge in [0, 0.05) is 98.6 Å². The van der Waals surface area contributed by atoms with Gasteiger partial charge in [0.1, 0.15) is 62.6 Å². The molecule has 668 valence electrons. The van der Waals surface area contributed by atoms with Crippen molar-refractivity contribution >= 4 is 134 Å². The number of furan rings is 1. The van der Waals surface area contributed by atoms with E-state index in [0.29, 0.717) is 102 Å². The van der Waals surface area contributed by atoms with E-state index >= 15 is 0 Å². The number of ether oxygens (including phenoxy) is 5. The van der Waals surface area contributed by atoms with Crippen LogP contribution < -0.4 is 45.2 Å². The number of fused-ring (bicyclic) bond motifs is 9. The minimum absolute atomic E-state index is 0.0516. The summed E-state index contributed by atoms with van der Waals surface area (Å²) in [6.45, 7) is 11.3. The SMILES string of the molecule is CC(OC(=O)c1cc(-c2cccnc2)nc2ccccc12)C(=O)Nc1ccc2ccccc2c1.COc1cc2c(cc1NC(=O)Cc1ccc(C)cc1)oc1ccccc12.COc1ccccc1-c1coc2c3c(ccc2c1=O)OC1CCCCN1C3.Cc1cccc(OCc2nc(C#N)c(N3CCCC3)o2)c1.Cc1ccccc1C(=O)Nc1scc(-c2ccc(Br)cc2)c1C(=O)O. The Morgan fingerprint density at radius 1 is 0.639 bits per heavy atom. The molecule has 2 atom stereocenters. The van der Waals surface area contributed by atoms with Crippen molar-refractivity contribution in [3.63, 3.8) is 0 Å². The normalized spacial score (nSPS) is 13.3. The zero-order valence-electron chi connectivity index (χ0n) is 73.6. The number of aromatic carboxylic acids is 1. The Kier molecular flexibility index (Phi) is 28.6. The lowest BCUT2D eigenvalue weighted by molar-refractivity contribution is -0.123. The number of para-hydroxylation sites is 3. The number of rotatable bonds is 19. The van der Waals surface area contributed by atoms with Gasteiger partial charge in [-0.05, 0) is 190 Å². The summed E-state index contributed by atoms with van der Waals surface area (Å²) >= 11 is 4.57. The number of hydrogen-bond acceptors (Lipinski definition) is 21. The van der Waals surface area contributed by atoms with Crippen LogP contribution in [0.25, 0.3) is 88.1 Å². The van der Waals surface area contributed by atoms with E-state index in [4.69, 9.17) is 36.9 Å². The zero-order valence-corrected chi connectivity index (χ0v) is 76.0. The third-order valence-electron chi connectivity index (χ3n) is 22.9. The highest BCUT2D eigenvalue weighted by Gasteiger charge is 2.33. The fraction of sp³-hybridized carbons (Fsp3) is 0.178. The number of amides is 3. The number of nitrogens with zero attached hydrogens (tertiary/aromatic N) is 6. The maximum Gasteiger partial charge on any atom is 0.339 e. The Hall–Kier alpha value is -15.6. The van der Waals surface area contributed by atoms with Crippen molar-refractivity contribution in [2.45, 2.75) is 91.7 Å². The van der Waals surface area contributed by atoms with Gasteiger partial charge in [-0.1, -0.05) is 173 Å². The number of carbonyl (C=O) groups excluding carboxylic acids is 4. The predicted molar refractivity (Wildman–Crippen MR) is 521 cm³/mol. The summed E-state index contributed by atoms with van der Waals surface area (Å²) in [4.78, 5) is 93.2. The van der Waals surface area contributed by atoms with Crippen molar-refractivity contribution < 1.29 is 66.0 Å². The van der Waals surface area contributed by atoms with Crippen LogP contribution in [0.1, 0.15) is 110 Å². The van der Waals surface area contributed by atoms with Crippen LogP contribution in [0, 0.1) is 32.1 Å². The number of methoxy groups -OCH3 is 2. The van der Waals surface area contributed by atoms with Crippen LogP contribution >= 0.6 is 27.3 Å². The number of aryl methyl sites for hydroxylation is 3.